The van der Waals surface area contributed by atoms with Gasteiger partial charge in [-0.3, -0.25) is 9.59 Å². The van der Waals surface area contributed by atoms with Gasteiger partial charge in [0.1, 0.15) is 5.75 Å². The summed E-state index contributed by atoms with van der Waals surface area (Å²) in [6, 6.07) is 15.8. The van der Waals surface area contributed by atoms with Crippen LogP contribution in [0.1, 0.15) is 16.8 Å². The minimum absolute atomic E-state index is 0.0529. The van der Waals surface area contributed by atoms with Crippen LogP contribution in [-0.2, 0) is 9.53 Å². The van der Waals surface area contributed by atoms with Crippen molar-refractivity contribution < 1.29 is 19.1 Å². The van der Waals surface area contributed by atoms with Gasteiger partial charge in [0, 0.05) is 31.5 Å². The van der Waals surface area contributed by atoms with Gasteiger partial charge < -0.3 is 20.1 Å². The van der Waals surface area contributed by atoms with Gasteiger partial charge in [-0.1, -0.05) is 18.2 Å². The average Bonchev–Trinajstić information content (AvgIpc) is 2.65. The molecule has 2 aromatic carbocycles. The molecule has 2 aromatic rings. The molecule has 2 rings (SSSR count). The van der Waals surface area contributed by atoms with Crippen LogP contribution in [0.2, 0.25) is 0 Å². The number of hydrogen-bond donors (Lipinski definition) is 2. The van der Waals surface area contributed by atoms with Crippen molar-refractivity contribution in [2.75, 3.05) is 32.2 Å². The monoisotopic (exact) mass is 342 g/mol. The topological polar surface area (TPSA) is 76.7 Å². The van der Waals surface area contributed by atoms with E-state index in [1.807, 2.05) is 18.2 Å². The van der Waals surface area contributed by atoms with E-state index in [-0.39, 0.29) is 18.4 Å². The van der Waals surface area contributed by atoms with Crippen molar-refractivity contribution in [1.29, 1.82) is 0 Å². The molecule has 0 spiro atoms. The Morgan fingerprint density at radius 1 is 1.00 bits per heavy atom. The normalized spacial score (nSPS) is 10.1. The summed E-state index contributed by atoms with van der Waals surface area (Å²) in [6.45, 7) is 1.11. The highest BCUT2D eigenvalue weighted by atomic mass is 16.5. The van der Waals surface area contributed by atoms with Crippen LogP contribution in [0, 0.1) is 0 Å². The van der Waals surface area contributed by atoms with Crippen LogP contribution in [0.25, 0.3) is 0 Å². The lowest BCUT2D eigenvalue weighted by atomic mass is 10.2. The van der Waals surface area contributed by atoms with Crippen LogP contribution in [0.4, 0.5) is 5.69 Å². The van der Waals surface area contributed by atoms with E-state index < -0.39 is 0 Å². The van der Waals surface area contributed by atoms with Crippen LogP contribution in [0.15, 0.2) is 54.6 Å². The molecule has 0 atom stereocenters. The van der Waals surface area contributed by atoms with E-state index in [1.54, 1.807) is 43.5 Å². The molecule has 0 fully saturated rings. The third-order valence-corrected chi connectivity index (χ3v) is 3.37. The number of nitrogens with one attached hydrogen (secondary N) is 2. The molecule has 6 nitrogen and oxygen atoms in total. The quantitative estimate of drug-likeness (QED) is 0.687. The van der Waals surface area contributed by atoms with Gasteiger partial charge in [0.2, 0.25) is 0 Å². The van der Waals surface area contributed by atoms with Gasteiger partial charge in [0.25, 0.3) is 11.8 Å². The van der Waals surface area contributed by atoms with E-state index in [0.29, 0.717) is 30.2 Å². The number of benzene rings is 2. The van der Waals surface area contributed by atoms with Crippen molar-refractivity contribution in [2.24, 2.45) is 0 Å². The second-order valence-electron chi connectivity index (χ2n) is 5.33. The summed E-state index contributed by atoms with van der Waals surface area (Å²) in [5.41, 5.74) is 1.25. The number of carbonyl (C=O) groups excluding carboxylic acids is 2. The number of hydrogen-bond acceptors (Lipinski definition) is 4. The first-order valence-corrected chi connectivity index (χ1v) is 8.04. The molecular weight excluding hydrogens is 320 g/mol. The first kappa shape index (κ1) is 18.5. The molecule has 0 heterocycles. The summed E-state index contributed by atoms with van der Waals surface area (Å²) in [7, 11) is 1.62. The van der Waals surface area contributed by atoms with E-state index in [2.05, 4.69) is 10.6 Å². The first-order chi connectivity index (χ1) is 12.2. The first-order valence-electron chi connectivity index (χ1n) is 8.04. The summed E-state index contributed by atoms with van der Waals surface area (Å²) in [5.74, 6) is 0.201. The maximum Gasteiger partial charge on any atom is 0.257 e. The van der Waals surface area contributed by atoms with Gasteiger partial charge in [-0.2, -0.15) is 0 Å². The Kier molecular flexibility index (Phi) is 7.46. The zero-order chi connectivity index (χ0) is 17.9. The van der Waals surface area contributed by atoms with Crippen LogP contribution in [0.3, 0.4) is 0 Å². The highest BCUT2D eigenvalue weighted by Crippen LogP contribution is 2.16. The highest BCUT2D eigenvalue weighted by molar-refractivity contribution is 6.04. The molecule has 0 saturated heterocycles. The van der Waals surface area contributed by atoms with Crippen molar-refractivity contribution >= 4 is 17.5 Å². The van der Waals surface area contributed by atoms with E-state index in [1.165, 1.54) is 0 Å². The van der Waals surface area contributed by atoms with Crippen molar-refractivity contribution in [2.45, 2.75) is 6.42 Å². The Morgan fingerprint density at radius 3 is 2.40 bits per heavy atom. The van der Waals surface area contributed by atoms with Crippen molar-refractivity contribution in [3.63, 3.8) is 0 Å². The summed E-state index contributed by atoms with van der Waals surface area (Å²) < 4.78 is 10.3. The Labute approximate surface area is 147 Å². The minimum Gasteiger partial charge on any atom is -0.484 e. The van der Waals surface area contributed by atoms with E-state index in [9.17, 15) is 9.59 Å². The number of methoxy groups -OCH3 is 1. The minimum atomic E-state index is -0.183. The SMILES string of the molecule is COCCCNC(=O)COc1ccc(NC(=O)c2ccccc2)cc1. The molecule has 0 bridgehead atoms. The Hall–Kier alpha value is -2.86. The number of anilines is 1. The van der Waals surface area contributed by atoms with Crippen LogP contribution in [0.5, 0.6) is 5.75 Å². The van der Waals surface area contributed by atoms with Gasteiger partial charge in [0.05, 0.1) is 0 Å². The smallest absolute Gasteiger partial charge is 0.257 e. The lowest BCUT2D eigenvalue weighted by molar-refractivity contribution is -0.123. The molecule has 0 aromatic heterocycles. The molecule has 0 aliphatic rings. The zero-order valence-corrected chi connectivity index (χ0v) is 14.2. The Balaban J connectivity index is 1.76. The van der Waals surface area contributed by atoms with E-state index in [4.69, 9.17) is 9.47 Å². The fourth-order valence-electron chi connectivity index (χ4n) is 2.07. The maximum absolute atomic E-state index is 12.1. The molecule has 2 amide bonds. The molecule has 132 valence electrons. The van der Waals surface area contributed by atoms with Gasteiger partial charge in [0.15, 0.2) is 6.61 Å². The van der Waals surface area contributed by atoms with Crippen molar-refractivity contribution in [3.05, 3.63) is 60.2 Å². The van der Waals surface area contributed by atoms with E-state index >= 15 is 0 Å². The largest absolute Gasteiger partial charge is 0.484 e. The molecule has 0 unspecified atom stereocenters. The van der Waals surface area contributed by atoms with E-state index in [0.717, 1.165) is 6.42 Å². The molecule has 0 radical (unpaired) electrons. The highest BCUT2D eigenvalue weighted by Gasteiger charge is 2.06. The third-order valence-electron chi connectivity index (χ3n) is 3.37. The van der Waals surface area contributed by atoms with Crippen LogP contribution in [-0.4, -0.2) is 38.7 Å². The lowest BCUT2D eigenvalue weighted by Crippen LogP contribution is -2.30. The number of rotatable bonds is 9. The second kappa shape index (κ2) is 10.1. The van der Waals surface area contributed by atoms with Gasteiger partial charge in [-0.25, -0.2) is 0 Å². The number of amides is 2. The molecule has 0 saturated carbocycles. The second-order valence-corrected chi connectivity index (χ2v) is 5.33. The molecule has 0 aliphatic heterocycles. The van der Waals surface area contributed by atoms with Gasteiger partial charge in [-0.05, 0) is 42.8 Å². The van der Waals surface area contributed by atoms with Crippen molar-refractivity contribution in [3.8, 4) is 5.75 Å². The Bertz CT molecular complexity index is 672. The summed E-state index contributed by atoms with van der Waals surface area (Å²) in [4.78, 5) is 23.7. The molecule has 6 heteroatoms. The summed E-state index contributed by atoms with van der Waals surface area (Å²) in [5, 5.41) is 5.55. The standard InChI is InChI=1S/C19H22N2O4/c1-24-13-5-12-20-18(22)14-25-17-10-8-16(9-11-17)21-19(23)15-6-3-2-4-7-15/h2-4,6-11H,5,12-14H2,1H3,(H,20,22)(H,21,23). The zero-order valence-electron chi connectivity index (χ0n) is 14.2. The molecular formula is C19H22N2O4. The van der Waals surface area contributed by atoms with Crippen LogP contribution >= 0.6 is 0 Å². The maximum atomic E-state index is 12.1. The average molecular weight is 342 g/mol. The summed E-state index contributed by atoms with van der Waals surface area (Å²) in [6.07, 6.45) is 0.762. The molecule has 25 heavy (non-hydrogen) atoms. The Morgan fingerprint density at radius 2 is 1.72 bits per heavy atom. The predicted molar refractivity (Wildman–Crippen MR) is 95.8 cm³/mol. The fraction of sp³-hybridized carbons (Fsp3) is 0.263. The lowest BCUT2D eigenvalue weighted by Gasteiger charge is -2.09. The molecule has 0 aliphatic carbocycles. The third kappa shape index (κ3) is 6.64. The number of carbonyl (C=O) groups is 2. The van der Waals surface area contributed by atoms with Crippen molar-refractivity contribution in [1.82, 2.24) is 5.32 Å². The van der Waals surface area contributed by atoms with Crippen LogP contribution < -0.4 is 15.4 Å². The van der Waals surface area contributed by atoms with Gasteiger partial charge >= 0.3 is 0 Å². The fourth-order valence-corrected chi connectivity index (χ4v) is 2.07. The number of ether oxygens (including phenoxy) is 2. The predicted octanol–water partition coefficient (Wildman–Crippen LogP) is 2.47. The van der Waals surface area contributed by atoms with Gasteiger partial charge in [-0.15, -0.1) is 0 Å². The molecule has 2 N–H and O–H groups in total. The summed E-state index contributed by atoms with van der Waals surface area (Å²) >= 11 is 0.